The van der Waals surface area contributed by atoms with Crippen LogP contribution in [0, 0.1) is 6.92 Å². The standard InChI is InChI=1S/C21H27N3O/c1-17-6-5-7-18(14-17)15-23-21(25)16-22-19-8-10-20(11-9-19)24-12-3-2-4-13-24/h5-11,14,22H,2-4,12-13,15-16H2,1H3,(H,23,25). The summed E-state index contributed by atoms with van der Waals surface area (Å²) in [6.07, 6.45) is 3.90. The van der Waals surface area contributed by atoms with E-state index < -0.39 is 0 Å². The number of carbonyl (C=O) groups is 1. The Kier molecular flexibility index (Phi) is 5.94. The van der Waals surface area contributed by atoms with Crippen LogP contribution in [0.2, 0.25) is 0 Å². The number of benzene rings is 2. The summed E-state index contributed by atoms with van der Waals surface area (Å²) >= 11 is 0. The molecule has 1 aliphatic heterocycles. The van der Waals surface area contributed by atoms with Gasteiger partial charge >= 0.3 is 0 Å². The van der Waals surface area contributed by atoms with E-state index in [0.717, 1.165) is 24.3 Å². The Morgan fingerprint density at radius 1 is 1.04 bits per heavy atom. The third-order valence-electron chi connectivity index (χ3n) is 4.61. The highest BCUT2D eigenvalue weighted by atomic mass is 16.1. The van der Waals surface area contributed by atoms with E-state index in [2.05, 4.69) is 58.9 Å². The molecule has 0 bridgehead atoms. The van der Waals surface area contributed by atoms with E-state index in [1.165, 1.54) is 30.5 Å². The molecule has 1 amide bonds. The van der Waals surface area contributed by atoms with Gasteiger partial charge in [-0.15, -0.1) is 0 Å². The highest BCUT2D eigenvalue weighted by Crippen LogP contribution is 2.21. The number of hydrogen-bond donors (Lipinski definition) is 2. The second-order valence-corrected chi connectivity index (χ2v) is 6.71. The molecule has 0 atom stereocenters. The number of rotatable bonds is 6. The lowest BCUT2D eigenvalue weighted by atomic mass is 10.1. The van der Waals surface area contributed by atoms with Gasteiger partial charge in [0.05, 0.1) is 6.54 Å². The Hall–Kier alpha value is -2.49. The van der Waals surface area contributed by atoms with Gasteiger partial charge in [-0.1, -0.05) is 29.8 Å². The van der Waals surface area contributed by atoms with Crippen LogP contribution in [0.1, 0.15) is 30.4 Å². The number of nitrogens with one attached hydrogen (secondary N) is 2. The molecular weight excluding hydrogens is 310 g/mol. The van der Waals surface area contributed by atoms with Gasteiger partial charge in [0, 0.05) is 31.0 Å². The lowest BCUT2D eigenvalue weighted by molar-refractivity contribution is -0.119. The molecule has 2 aromatic carbocycles. The molecule has 25 heavy (non-hydrogen) atoms. The van der Waals surface area contributed by atoms with Crippen LogP contribution >= 0.6 is 0 Å². The van der Waals surface area contributed by atoms with Gasteiger partial charge in [-0.3, -0.25) is 4.79 Å². The second-order valence-electron chi connectivity index (χ2n) is 6.71. The Balaban J connectivity index is 1.43. The van der Waals surface area contributed by atoms with Crippen molar-refractivity contribution in [3.05, 3.63) is 59.7 Å². The van der Waals surface area contributed by atoms with Gasteiger partial charge in [0.2, 0.25) is 5.91 Å². The van der Waals surface area contributed by atoms with Crippen LogP contribution in [0.15, 0.2) is 48.5 Å². The molecule has 1 aliphatic rings. The van der Waals surface area contributed by atoms with Crippen molar-refractivity contribution in [1.29, 1.82) is 0 Å². The normalized spacial score (nSPS) is 14.2. The molecule has 0 spiro atoms. The molecular formula is C21H27N3O. The fraction of sp³-hybridized carbons (Fsp3) is 0.381. The van der Waals surface area contributed by atoms with Gasteiger partial charge in [0.15, 0.2) is 0 Å². The minimum atomic E-state index is 0.00149. The highest BCUT2D eigenvalue weighted by molar-refractivity contribution is 5.80. The molecule has 4 nitrogen and oxygen atoms in total. The van der Waals surface area contributed by atoms with E-state index in [9.17, 15) is 4.79 Å². The highest BCUT2D eigenvalue weighted by Gasteiger charge is 2.10. The maximum atomic E-state index is 12.0. The number of hydrogen-bond acceptors (Lipinski definition) is 3. The Labute approximate surface area is 150 Å². The molecule has 1 saturated heterocycles. The monoisotopic (exact) mass is 337 g/mol. The van der Waals surface area contributed by atoms with Crippen LogP contribution in [0.3, 0.4) is 0 Å². The average Bonchev–Trinajstić information content (AvgIpc) is 2.66. The van der Waals surface area contributed by atoms with Crippen LogP contribution in [0.25, 0.3) is 0 Å². The zero-order chi connectivity index (χ0) is 17.5. The van der Waals surface area contributed by atoms with Crippen LogP contribution in [0.5, 0.6) is 0 Å². The number of aryl methyl sites for hydroxylation is 1. The summed E-state index contributed by atoms with van der Waals surface area (Å²) in [4.78, 5) is 14.4. The SMILES string of the molecule is Cc1cccc(CNC(=O)CNc2ccc(N3CCCCC3)cc2)c1. The van der Waals surface area contributed by atoms with E-state index in [4.69, 9.17) is 0 Å². The predicted octanol–water partition coefficient (Wildman–Crippen LogP) is 3.71. The number of piperidine rings is 1. The van der Waals surface area contributed by atoms with Crippen molar-refractivity contribution in [2.45, 2.75) is 32.7 Å². The lowest BCUT2D eigenvalue weighted by Crippen LogP contribution is -2.30. The topological polar surface area (TPSA) is 44.4 Å². The van der Waals surface area contributed by atoms with Crippen molar-refractivity contribution < 1.29 is 4.79 Å². The summed E-state index contributed by atoms with van der Waals surface area (Å²) < 4.78 is 0. The average molecular weight is 337 g/mol. The van der Waals surface area contributed by atoms with E-state index >= 15 is 0 Å². The van der Waals surface area contributed by atoms with E-state index in [-0.39, 0.29) is 12.5 Å². The van der Waals surface area contributed by atoms with Crippen molar-refractivity contribution in [3.8, 4) is 0 Å². The molecule has 1 fully saturated rings. The van der Waals surface area contributed by atoms with Crippen molar-refractivity contribution in [2.75, 3.05) is 29.9 Å². The van der Waals surface area contributed by atoms with Gasteiger partial charge in [-0.2, -0.15) is 0 Å². The first-order valence-electron chi connectivity index (χ1n) is 9.12. The Morgan fingerprint density at radius 3 is 2.52 bits per heavy atom. The van der Waals surface area contributed by atoms with Crippen molar-refractivity contribution in [2.24, 2.45) is 0 Å². The van der Waals surface area contributed by atoms with E-state index in [0.29, 0.717) is 6.54 Å². The first-order chi connectivity index (χ1) is 12.2. The molecule has 4 heteroatoms. The summed E-state index contributed by atoms with van der Waals surface area (Å²) in [6.45, 7) is 5.20. The van der Waals surface area contributed by atoms with Gasteiger partial charge in [-0.05, 0) is 56.0 Å². The van der Waals surface area contributed by atoms with Gasteiger partial charge < -0.3 is 15.5 Å². The zero-order valence-electron chi connectivity index (χ0n) is 14.9. The fourth-order valence-corrected chi connectivity index (χ4v) is 3.21. The maximum Gasteiger partial charge on any atom is 0.239 e. The summed E-state index contributed by atoms with van der Waals surface area (Å²) in [5.41, 5.74) is 4.58. The van der Waals surface area contributed by atoms with Crippen molar-refractivity contribution in [3.63, 3.8) is 0 Å². The maximum absolute atomic E-state index is 12.0. The van der Waals surface area contributed by atoms with Crippen molar-refractivity contribution in [1.82, 2.24) is 5.32 Å². The Bertz CT molecular complexity index is 691. The minimum absolute atomic E-state index is 0.00149. The third kappa shape index (κ3) is 5.24. The van der Waals surface area contributed by atoms with E-state index in [1.54, 1.807) is 0 Å². The summed E-state index contributed by atoms with van der Waals surface area (Å²) in [5.74, 6) is 0.00149. The Morgan fingerprint density at radius 2 is 1.80 bits per heavy atom. The minimum Gasteiger partial charge on any atom is -0.376 e. The number of amides is 1. The van der Waals surface area contributed by atoms with Gasteiger partial charge in [-0.25, -0.2) is 0 Å². The van der Waals surface area contributed by atoms with Gasteiger partial charge in [0.1, 0.15) is 0 Å². The first kappa shape index (κ1) is 17.3. The van der Waals surface area contributed by atoms with Crippen LogP contribution in [-0.4, -0.2) is 25.5 Å². The summed E-state index contributed by atoms with van der Waals surface area (Å²) in [5, 5.41) is 6.14. The molecule has 132 valence electrons. The number of nitrogens with zero attached hydrogens (tertiary/aromatic N) is 1. The quantitative estimate of drug-likeness (QED) is 0.844. The van der Waals surface area contributed by atoms with Crippen LogP contribution in [0.4, 0.5) is 11.4 Å². The van der Waals surface area contributed by atoms with Gasteiger partial charge in [0.25, 0.3) is 0 Å². The molecule has 3 rings (SSSR count). The molecule has 0 aromatic heterocycles. The molecule has 0 saturated carbocycles. The molecule has 0 unspecified atom stereocenters. The number of anilines is 2. The molecule has 1 heterocycles. The fourth-order valence-electron chi connectivity index (χ4n) is 3.21. The van der Waals surface area contributed by atoms with Crippen LogP contribution in [-0.2, 0) is 11.3 Å². The summed E-state index contributed by atoms with van der Waals surface area (Å²) in [7, 11) is 0. The first-order valence-corrected chi connectivity index (χ1v) is 9.12. The van der Waals surface area contributed by atoms with Crippen LogP contribution < -0.4 is 15.5 Å². The summed E-state index contributed by atoms with van der Waals surface area (Å²) in [6, 6.07) is 16.6. The molecule has 2 aromatic rings. The largest absolute Gasteiger partial charge is 0.376 e. The zero-order valence-corrected chi connectivity index (χ0v) is 14.9. The molecule has 2 N–H and O–H groups in total. The molecule has 0 aliphatic carbocycles. The van der Waals surface area contributed by atoms with E-state index in [1.807, 2.05) is 12.1 Å². The lowest BCUT2D eigenvalue weighted by Gasteiger charge is -2.28. The van der Waals surface area contributed by atoms with Crippen molar-refractivity contribution >= 4 is 17.3 Å². The second kappa shape index (κ2) is 8.56. The number of carbonyl (C=O) groups excluding carboxylic acids is 1. The predicted molar refractivity (Wildman–Crippen MR) is 104 cm³/mol. The smallest absolute Gasteiger partial charge is 0.239 e. The molecule has 0 radical (unpaired) electrons. The third-order valence-corrected chi connectivity index (χ3v) is 4.61.